The number of esters is 1. The number of carbonyl (C=O) groups is 1. The summed E-state index contributed by atoms with van der Waals surface area (Å²) in [4.78, 5) is 14.6. The number of hydrazone groups is 1. The second kappa shape index (κ2) is 8.80. The highest BCUT2D eigenvalue weighted by Crippen LogP contribution is 2.34. The van der Waals surface area contributed by atoms with Gasteiger partial charge in [-0.25, -0.2) is 9.99 Å². The molecule has 0 unspecified atom stereocenters. The van der Waals surface area contributed by atoms with Crippen LogP contribution in [0.3, 0.4) is 0 Å². The molecule has 0 fully saturated rings. The van der Waals surface area contributed by atoms with Crippen LogP contribution < -0.4 is 5.01 Å². The number of hydrogen-bond acceptors (Lipinski definition) is 6. The number of anilines is 1. The molecule has 0 saturated heterocycles. The van der Waals surface area contributed by atoms with E-state index < -0.39 is 45.5 Å². The number of aromatic nitrogens is 1. The zero-order valence-electron chi connectivity index (χ0n) is 13.3. The van der Waals surface area contributed by atoms with Crippen molar-refractivity contribution in [3.8, 4) is 0 Å². The molecule has 0 radical (unpaired) electrons. The maximum Gasteiger partial charge on any atom is 0.441 e. The highest BCUT2D eigenvalue weighted by molar-refractivity contribution is 8.14. The fourth-order valence-corrected chi connectivity index (χ4v) is 2.48. The third-order valence-electron chi connectivity index (χ3n) is 2.57. The molecule has 1 heterocycles. The topological polar surface area (TPSA) is 54.8 Å². The van der Waals surface area contributed by atoms with Crippen LogP contribution in [0.25, 0.3) is 0 Å². The first kappa shape index (κ1) is 22.4. The summed E-state index contributed by atoms with van der Waals surface area (Å²) in [6.07, 6.45) is -9.18. The highest BCUT2D eigenvalue weighted by Gasteiger charge is 2.38. The molecule has 0 atom stereocenters. The van der Waals surface area contributed by atoms with E-state index in [9.17, 15) is 31.1 Å². The standard InChI is InChI=1S/C13H12ClF6N3O2S/c1-3-25-9(24)6-26-11(13(18,19)20)22-23(2)10-8(14)4-7(5-21-10)12(15,16)17/h4-5H,3,6H2,1-2H3/b22-11-. The monoisotopic (exact) mass is 423 g/mol. The van der Waals surface area contributed by atoms with Crippen molar-refractivity contribution < 1.29 is 35.9 Å². The van der Waals surface area contributed by atoms with Gasteiger partial charge in [0.15, 0.2) is 10.9 Å². The first-order chi connectivity index (χ1) is 11.9. The minimum Gasteiger partial charge on any atom is -0.465 e. The van der Waals surface area contributed by atoms with Crippen molar-refractivity contribution in [1.29, 1.82) is 0 Å². The first-order valence-corrected chi connectivity index (χ1v) is 8.13. The summed E-state index contributed by atoms with van der Waals surface area (Å²) in [5.41, 5.74) is -1.16. The molecule has 26 heavy (non-hydrogen) atoms. The lowest BCUT2D eigenvalue weighted by molar-refractivity contribution is -0.140. The van der Waals surface area contributed by atoms with E-state index in [1.54, 1.807) is 0 Å². The summed E-state index contributed by atoms with van der Waals surface area (Å²) in [7, 11) is 1.03. The molecule has 0 aromatic carbocycles. The lowest BCUT2D eigenvalue weighted by Gasteiger charge is -2.18. The summed E-state index contributed by atoms with van der Waals surface area (Å²) in [6, 6.07) is 0.523. The molecule has 0 saturated carbocycles. The van der Waals surface area contributed by atoms with Gasteiger partial charge in [0.2, 0.25) is 0 Å². The number of hydrogen-bond donors (Lipinski definition) is 0. The molecular weight excluding hydrogens is 412 g/mol. The van der Waals surface area contributed by atoms with Crippen molar-refractivity contribution in [2.24, 2.45) is 5.10 Å². The van der Waals surface area contributed by atoms with Crippen LogP contribution in [0, 0.1) is 0 Å². The van der Waals surface area contributed by atoms with E-state index in [1.807, 2.05) is 0 Å². The minimum absolute atomic E-state index is 0.00285. The van der Waals surface area contributed by atoms with Crippen LogP contribution in [-0.2, 0) is 15.7 Å². The van der Waals surface area contributed by atoms with Crippen LogP contribution in [0.2, 0.25) is 5.02 Å². The summed E-state index contributed by atoms with van der Waals surface area (Å²) in [6.45, 7) is 1.50. The molecule has 0 bridgehead atoms. The number of ether oxygens (including phenoxy) is 1. The quantitative estimate of drug-likeness (QED) is 0.231. The number of alkyl halides is 6. The van der Waals surface area contributed by atoms with Crippen LogP contribution in [0.4, 0.5) is 32.2 Å². The fourth-order valence-electron chi connectivity index (χ4n) is 1.50. The molecule has 13 heteroatoms. The predicted molar refractivity (Wildman–Crippen MR) is 85.2 cm³/mol. The smallest absolute Gasteiger partial charge is 0.441 e. The van der Waals surface area contributed by atoms with E-state index in [1.165, 1.54) is 6.92 Å². The van der Waals surface area contributed by atoms with Crippen LogP contribution in [0.15, 0.2) is 17.4 Å². The number of rotatable bonds is 5. The summed E-state index contributed by atoms with van der Waals surface area (Å²) in [5.74, 6) is -1.94. The zero-order valence-corrected chi connectivity index (χ0v) is 14.9. The van der Waals surface area contributed by atoms with E-state index in [4.69, 9.17) is 11.6 Å². The molecule has 5 nitrogen and oxygen atoms in total. The number of thioether (sulfide) groups is 1. The Morgan fingerprint density at radius 2 is 1.96 bits per heavy atom. The SMILES string of the molecule is CCOC(=O)CS/C(=N\N(C)c1ncc(C(F)(F)F)cc1Cl)C(F)(F)F. The van der Waals surface area contributed by atoms with Gasteiger partial charge >= 0.3 is 18.3 Å². The van der Waals surface area contributed by atoms with Crippen molar-refractivity contribution in [1.82, 2.24) is 4.98 Å². The van der Waals surface area contributed by atoms with E-state index >= 15 is 0 Å². The Hall–Kier alpha value is -1.69. The maximum absolute atomic E-state index is 13.0. The van der Waals surface area contributed by atoms with Gasteiger partial charge in [-0.2, -0.15) is 31.4 Å². The second-order valence-corrected chi connectivity index (χ2v) is 5.92. The normalized spacial score (nSPS) is 12.9. The molecule has 0 aliphatic heterocycles. The van der Waals surface area contributed by atoms with Gasteiger partial charge in [-0.05, 0) is 13.0 Å². The Labute approximate surface area is 153 Å². The number of pyridine rings is 1. The molecule has 1 rings (SSSR count). The Kier molecular flexibility index (Phi) is 7.57. The third-order valence-corrected chi connectivity index (χ3v) is 3.82. The van der Waals surface area contributed by atoms with Crippen molar-refractivity contribution >= 4 is 40.2 Å². The van der Waals surface area contributed by atoms with Crippen LogP contribution in [0.5, 0.6) is 0 Å². The van der Waals surface area contributed by atoms with E-state index in [2.05, 4.69) is 14.8 Å². The van der Waals surface area contributed by atoms with Gasteiger partial charge in [0.05, 0.1) is 22.9 Å². The van der Waals surface area contributed by atoms with E-state index in [-0.39, 0.29) is 18.4 Å². The van der Waals surface area contributed by atoms with E-state index in [0.717, 1.165) is 7.05 Å². The van der Waals surface area contributed by atoms with Gasteiger partial charge < -0.3 is 4.74 Å². The Morgan fingerprint density at radius 1 is 1.35 bits per heavy atom. The van der Waals surface area contributed by atoms with Crippen molar-refractivity contribution in [3.63, 3.8) is 0 Å². The van der Waals surface area contributed by atoms with E-state index in [0.29, 0.717) is 17.3 Å². The Morgan fingerprint density at radius 3 is 2.42 bits per heavy atom. The fraction of sp³-hybridized carbons (Fsp3) is 0.462. The molecule has 0 amide bonds. The lowest BCUT2D eigenvalue weighted by Crippen LogP contribution is -2.26. The van der Waals surface area contributed by atoms with Gasteiger partial charge in [0, 0.05) is 13.2 Å². The highest BCUT2D eigenvalue weighted by atomic mass is 35.5. The van der Waals surface area contributed by atoms with Crippen LogP contribution in [0.1, 0.15) is 12.5 Å². The minimum atomic E-state index is -4.90. The maximum atomic E-state index is 13.0. The number of nitrogens with zero attached hydrogens (tertiary/aromatic N) is 3. The molecule has 1 aromatic heterocycles. The Balaban J connectivity index is 3.07. The molecule has 1 aromatic rings. The lowest BCUT2D eigenvalue weighted by atomic mass is 10.3. The molecule has 0 aliphatic carbocycles. The largest absolute Gasteiger partial charge is 0.465 e. The summed E-state index contributed by atoms with van der Waals surface area (Å²) >= 11 is 5.73. The number of halogens is 7. The number of carbonyl (C=O) groups excluding carboxylic acids is 1. The molecule has 146 valence electrons. The van der Waals surface area contributed by atoms with Crippen molar-refractivity contribution in [3.05, 3.63) is 22.8 Å². The first-order valence-electron chi connectivity index (χ1n) is 6.77. The molecule has 0 spiro atoms. The van der Waals surface area contributed by atoms with Gasteiger partial charge in [-0.1, -0.05) is 23.4 Å². The summed E-state index contributed by atoms with van der Waals surface area (Å²) < 4.78 is 81.3. The van der Waals surface area contributed by atoms with Gasteiger partial charge in [0.25, 0.3) is 0 Å². The summed E-state index contributed by atoms with van der Waals surface area (Å²) in [5, 5.41) is 1.88. The molecular formula is C13H12ClF6N3O2S. The zero-order chi connectivity index (χ0) is 20.1. The predicted octanol–water partition coefficient (Wildman–Crippen LogP) is 4.36. The van der Waals surface area contributed by atoms with Crippen LogP contribution in [-0.4, -0.2) is 41.6 Å². The third kappa shape index (κ3) is 6.56. The van der Waals surface area contributed by atoms with Crippen molar-refractivity contribution in [2.75, 3.05) is 24.4 Å². The second-order valence-electron chi connectivity index (χ2n) is 4.55. The molecule has 0 N–H and O–H groups in total. The van der Waals surface area contributed by atoms with Gasteiger partial charge in [0.1, 0.15) is 0 Å². The average molecular weight is 424 g/mol. The van der Waals surface area contributed by atoms with Gasteiger partial charge in [-0.15, -0.1) is 0 Å². The molecule has 0 aliphatic rings. The Bertz CT molecular complexity index is 681. The van der Waals surface area contributed by atoms with Gasteiger partial charge in [-0.3, -0.25) is 4.79 Å². The van der Waals surface area contributed by atoms with Crippen LogP contribution >= 0.6 is 23.4 Å². The van der Waals surface area contributed by atoms with Crippen molar-refractivity contribution in [2.45, 2.75) is 19.3 Å². The average Bonchev–Trinajstić information content (AvgIpc) is 2.49.